The Morgan fingerprint density at radius 2 is 1.62 bits per heavy atom. The fraction of sp³-hybridized carbons (Fsp3) is 0.280. The van der Waals surface area contributed by atoms with Crippen molar-refractivity contribution in [1.82, 2.24) is 5.06 Å². The summed E-state index contributed by atoms with van der Waals surface area (Å²) in [5.41, 5.74) is 3.63. The predicted octanol–water partition coefficient (Wildman–Crippen LogP) is 3.81. The Kier molecular flexibility index (Phi) is 7.54. The lowest BCUT2D eigenvalue weighted by molar-refractivity contribution is -0.197. The molecule has 1 aliphatic rings. The molecule has 32 heavy (non-hydrogen) atoms. The largest absolute Gasteiger partial charge is 0.333 e. The van der Waals surface area contributed by atoms with E-state index in [9.17, 15) is 19.2 Å². The smallest absolute Gasteiger partial charge is 0.330 e. The second-order valence-corrected chi connectivity index (χ2v) is 7.41. The van der Waals surface area contributed by atoms with Crippen molar-refractivity contribution in [3.63, 3.8) is 0 Å². The van der Waals surface area contributed by atoms with Gasteiger partial charge in [0.25, 0.3) is 11.8 Å². The first kappa shape index (κ1) is 22.9. The van der Waals surface area contributed by atoms with Crippen molar-refractivity contribution in [3.05, 3.63) is 71.8 Å². The number of aryl methyl sites for hydroxylation is 1. The molecule has 1 saturated heterocycles. The van der Waals surface area contributed by atoms with Gasteiger partial charge >= 0.3 is 5.97 Å². The quantitative estimate of drug-likeness (QED) is 0.561. The number of hydroxylamine groups is 2. The van der Waals surface area contributed by atoms with Gasteiger partial charge in [-0.3, -0.25) is 14.4 Å². The Bertz CT molecular complexity index is 1030. The summed E-state index contributed by atoms with van der Waals surface area (Å²) in [6, 6.07) is 15.3. The van der Waals surface area contributed by atoms with Gasteiger partial charge in [0.15, 0.2) is 0 Å². The standard InChI is InChI=1S/C25H26N2O5/c1-3-18-9-5-6-11-20(18)17-26(21-12-8-7-10-19(21)4-2)22(28)15-16-25(31)32-27-23(29)13-14-24(27)30/h4-12H,2-3,13-17H2,1H3. The number of amides is 3. The highest BCUT2D eigenvalue weighted by Gasteiger charge is 2.33. The minimum Gasteiger partial charge on any atom is -0.330 e. The second-order valence-electron chi connectivity index (χ2n) is 7.41. The maximum atomic E-state index is 13.2. The molecule has 0 radical (unpaired) electrons. The molecule has 3 rings (SSSR count). The highest BCUT2D eigenvalue weighted by molar-refractivity contribution is 6.02. The molecule has 0 saturated carbocycles. The van der Waals surface area contributed by atoms with Crippen LogP contribution >= 0.6 is 0 Å². The number of imide groups is 1. The van der Waals surface area contributed by atoms with Crippen molar-refractivity contribution in [3.8, 4) is 0 Å². The van der Waals surface area contributed by atoms with Crippen molar-refractivity contribution in [1.29, 1.82) is 0 Å². The minimum absolute atomic E-state index is 0.0218. The first-order chi connectivity index (χ1) is 15.4. The third-order valence-electron chi connectivity index (χ3n) is 5.32. The summed E-state index contributed by atoms with van der Waals surface area (Å²) in [5.74, 6) is -2.17. The molecule has 1 aliphatic heterocycles. The van der Waals surface area contributed by atoms with Crippen LogP contribution in [0.4, 0.5) is 5.69 Å². The zero-order valence-electron chi connectivity index (χ0n) is 18.1. The fourth-order valence-electron chi connectivity index (χ4n) is 3.59. The van der Waals surface area contributed by atoms with Crippen LogP contribution in [-0.2, 0) is 37.0 Å². The van der Waals surface area contributed by atoms with E-state index >= 15 is 0 Å². The maximum absolute atomic E-state index is 13.2. The summed E-state index contributed by atoms with van der Waals surface area (Å²) >= 11 is 0. The Balaban J connectivity index is 1.77. The van der Waals surface area contributed by atoms with Gasteiger partial charge in [-0.25, -0.2) is 4.79 Å². The molecule has 1 heterocycles. The number of carbonyl (C=O) groups is 4. The van der Waals surface area contributed by atoms with Gasteiger partial charge in [0.05, 0.1) is 18.7 Å². The van der Waals surface area contributed by atoms with E-state index < -0.39 is 17.8 Å². The summed E-state index contributed by atoms with van der Waals surface area (Å²) in [6.07, 6.45) is 2.17. The third-order valence-corrected chi connectivity index (χ3v) is 5.32. The first-order valence-electron chi connectivity index (χ1n) is 10.6. The Labute approximate surface area is 187 Å². The van der Waals surface area contributed by atoms with Gasteiger partial charge in [0, 0.05) is 19.3 Å². The molecule has 7 nitrogen and oxygen atoms in total. The van der Waals surface area contributed by atoms with Crippen LogP contribution in [0.15, 0.2) is 55.1 Å². The van der Waals surface area contributed by atoms with E-state index in [1.165, 1.54) is 0 Å². The van der Waals surface area contributed by atoms with E-state index in [0.29, 0.717) is 17.3 Å². The number of carbonyl (C=O) groups excluding carboxylic acids is 4. The van der Waals surface area contributed by atoms with Crippen LogP contribution in [0.3, 0.4) is 0 Å². The van der Waals surface area contributed by atoms with Crippen molar-refractivity contribution >= 4 is 35.5 Å². The molecule has 0 aliphatic carbocycles. The Morgan fingerprint density at radius 1 is 1.00 bits per heavy atom. The van der Waals surface area contributed by atoms with E-state index in [1.54, 1.807) is 11.0 Å². The molecule has 166 valence electrons. The van der Waals surface area contributed by atoms with E-state index in [1.807, 2.05) is 48.5 Å². The van der Waals surface area contributed by atoms with Crippen molar-refractivity contribution in [2.24, 2.45) is 0 Å². The van der Waals surface area contributed by atoms with Crippen LogP contribution in [0.25, 0.3) is 6.08 Å². The van der Waals surface area contributed by atoms with Gasteiger partial charge < -0.3 is 9.74 Å². The number of rotatable bonds is 9. The van der Waals surface area contributed by atoms with Crippen LogP contribution < -0.4 is 4.90 Å². The minimum atomic E-state index is -0.798. The average molecular weight is 434 g/mol. The van der Waals surface area contributed by atoms with Gasteiger partial charge in [-0.2, -0.15) is 0 Å². The Morgan fingerprint density at radius 3 is 2.28 bits per heavy atom. The van der Waals surface area contributed by atoms with E-state index in [4.69, 9.17) is 4.84 Å². The number of para-hydroxylation sites is 1. The summed E-state index contributed by atoms with van der Waals surface area (Å²) in [7, 11) is 0. The number of nitrogens with zero attached hydrogens (tertiary/aromatic N) is 2. The summed E-state index contributed by atoms with van der Waals surface area (Å²) in [4.78, 5) is 55.2. The summed E-state index contributed by atoms with van der Waals surface area (Å²) in [5, 5.41) is 0.495. The molecule has 7 heteroatoms. The van der Waals surface area contributed by atoms with Gasteiger partial charge in [0.2, 0.25) is 5.91 Å². The number of hydrogen-bond donors (Lipinski definition) is 0. The first-order valence-corrected chi connectivity index (χ1v) is 10.6. The molecule has 0 aromatic heterocycles. The molecule has 0 unspecified atom stereocenters. The average Bonchev–Trinajstić information content (AvgIpc) is 3.13. The van der Waals surface area contributed by atoms with E-state index in [-0.39, 0.29) is 31.6 Å². The fourth-order valence-corrected chi connectivity index (χ4v) is 3.59. The van der Waals surface area contributed by atoms with Crippen molar-refractivity contribution in [2.75, 3.05) is 4.90 Å². The van der Waals surface area contributed by atoms with Gasteiger partial charge in [-0.05, 0) is 29.2 Å². The van der Waals surface area contributed by atoms with Gasteiger partial charge in [-0.15, -0.1) is 5.06 Å². The lowest BCUT2D eigenvalue weighted by atomic mass is 10.0. The molecule has 2 aromatic rings. The van der Waals surface area contributed by atoms with Gasteiger partial charge in [0.1, 0.15) is 0 Å². The molecule has 3 amide bonds. The lowest BCUT2D eigenvalue weighted by Gasteiger charge is -2.26. The topological polar surface area (TPSA) is 84.0 Å². The molecule has 0 N–H and O–H groups in total. The van der Waals surface area contributed by atoms with Crippen molar-refractivity contribution < 1.29 is 24.0 Å². The van der Waals surface area contributed by atoms with E-state index in [0.717, 1.165) is 23.1 Å². The molecular weight excluding hydrogens is 408 g/mol. The highest BCUT2D eigenvalue weighted by atomic mass is 16.7. The molecule has 0 spiro atoms. The Hall–Kier alpha value is -3.74. The summed E-state index contributed by atoms with van der Waals surface area (Å²) in [6.45, 7) is 6.23. The van der Waals surface area contributed by atoms with Crippen LogP contribution in [0.2, 0.25) is 0 Å². The molecule has 1 fully saturated rings. The number of hydrogen-bond acceptors (Lipinski definition) is 5. The SMILES string of the molecule is C=Cc1ccccc1N(Cc1ccccc1CC)C(=O)CCC(=O)ON1C(=O)CCC1=O. The molecule has 0 atom stereocenters. The van der Waals surface area contributed by atoms with Crippen LogP contribution in [0, 0.1) is 0 Å². The van der Waals surface area contributed by atoms with Crippen molar-refractivity contribution in [2.45, 2.75) is 45.6 Å². The predicted molar refractivity (Wildman–Crippen MR) is 120 cm³/mol. The number of benzene rings is 2. The van der Waals surface area contributed by atoms with Gasteiger partial charge in [-0.1, -0.05) is 62.0 Å². The van der Waals surface area contributed by atoms with Crippen LogP contribution in [0.5, 0.6) is 0 Å². The lowest BCUT2D eigenvalue weighted by Crippen LogP contribution is -2.34. The van der Waals surface area contributed by atoms with Crippen LogP contribution in [-0.4, -0.2) is 28.8 Å². The summed E-state index contributed by atoms with van der Waals surface area (Å²) < 4.78 is 0. The molecule has 0 bridgehead atoms. The number of anilines is 1. The highest BCUT2D eigenvalue weighted by Crippen LogP contribution is 2.26. The normalized spacial score (nSPS) is 13.2. The maximum Gasteiger partial charge on any atom is 0.333 e. The second kappa shape index (κ2) is 10.5. The van der Waals surface area contributed by atoms with E-state index in [2.05, 4.69) is 13.5 Å². The molecule has 2 aromatic carbocycles. The zero-order valence-corrected chi connectivity index (χ0v) is 18.1. The monoisotopic (exact) mass is 434 g/mol. The third kappa shape index (κ3) is 5.29. The van der Waals surface area contributed by atoms with Crippen LogP contribution in [0.1, 0.15) is 49.3 Å². The molecular formula is C25H26N2O5. The zero-order chi connectivity index (χ0) is 23.1.